The SMILES string of the molecule is CC(C)C(NC(=O)OCc1ccccc1)P(=O)(Oc1ccccc1)c1ccccc1. The fourth-order valence-electron chi connectivity index (χ4n) is 3.07. The zero-order chi connectivity index (χ0) is 21.4. The Morgan fingerprint density at radius 2 is 1.40 bits per heavy atom. The lowest BCUT2D eigenvalue weighted by atomic mass is 10.2. The number of carbonyl (C=O) groups is 1. The summed E-state index contributed by atoms with van der Waals surface area (Å²) in [7, 11) is -3.52. The van der Waals surface area contributed by atoms with E-state index < -0.39 is 19.2 Å². The first-order valence-electron chi connectivity index (χ1n) is 9.86. The summed E-state index contributed by atoms with van der Waals surface area (Å²) < 4.78 is 25.7. The van der Waals surface area contributed by atoms with Crippen LogP contribution >= 0.6 is 7.37 Å². The van der Waals surface area contributed by atoms with Crippen LogP contribution in [0.1, 0.15) is 19.4 Å². The van der Waals surface area contributed by atoms with Crippen LogP contribution in [0, 0.1) is 5.92 Å². The number of ether oxygens (including phenoxy) is 1. The van der Waals surface area contributed by atoms with Crippen LogP contribution in [-0.2, 0) is 15.9 Å². The smallest absolute Gasteiger partial charge is 0.408 e. The summed E-state index contributed by atoms with van der Waals surface area (Å²) in [5.74, 6) is -0.442. The number of rotatable bonds is 8. The number of nitrogens with one attached hydrogen (secondary N) is 1. The van der Waals surface area contributed by atoms with Gasteiger partial charge in [-0.05, 0) is 35.7 Å². The Morgan fingerprint density at radius 3 is 1.97 bits per heavy atom. The zero-order valence-corrected chi connectivity index (χ0v) is 18.0. The molecule has 0 aliphatic heterocycles. The fourth-order valence-corrected chi connectivity index (χ4v) is 5.70. The van der Waals surface area contributed by atoms with Gasteiger partial charge in [-0.1, -0.05) is 80.6 Å². The van der Waals surface area contributed by atoms with Crippen LogP contribution in [0.5, 0.6) is 5.75 Å². The minimum atomic E-state index is -3.52. The zero-order valence-electron chi connectivity index (χ0n) is 17.1. The summed E-state index contributed by atoms with van der Waals surface area (Å²) >= 11 is 0. The van der Waals surface area contributed by atoms with Crippen molar-refractivity contribution in [2.24, 2.45) is 5.92 Å². The number of amides is 1. The average Bonchev–Trinajstić information content (AvgIpc) is 2.77. The number of hydrogen-bond donors (Lipinski definition) is 1. The van der Waals surface area contributed by atoms with E-state index in [-0.39, 0.29) is 12.5 Å². The summed E-state index contributed by atoms with van der Waals surface area (Å²) in [6.07, 6.45) is -0.634. The predicted molar refractivity (Wildman–Crippen MR) is 119 cm³/mol. The van der Waals surface area contributed by atoms with Crippen molar-refractivity contribution in [2.75, 3.05) is 0 Å². The molecule has 0 saturated carbocycles. The molecule has 6 heteroatoms. The lowest BCUT2D eigenvalue weighted by Crippen LogP contribution is -2.42. The van der Waals surface area contributed by atoms with Crippen molar-refractivity contribution >= 4 is 18.8 Å². The molecule has 2 atom stereocenters. The van der Waals surface area contributed by atoms with E-state index in [1.807, 2.05) is 68.4 Å². The number of para-hydroxylation sites is 1. The second-order valence-corrected chi connectivity index (χ2v) is 9.68. The molecule has 30 heavy (non-hydrogen) atoms. The van der Waals surface area contributed by atoms with Crippen molar-refractivity contribution in [3.8, 4) is 5.75 Å². The van der Waals surface area contributed by atoms with Gasteiger partial charge in [-0.25, -0.2) is 4.79 Å². The third kappa shape index (κ3) is 5.52. The maximum atomic E-state index is 14.2. The number of benzene rings is 3. The minimum absolute atomic E-state index is 0.132. The molecule has 0 aromatic heterocycles. The van der Waals surface area contributed by atoms with Gasteiger partial charge in [0.2, 0.25) is 0 Å². The van der Waals surface area contributed by atoms with Crippen molar-refractivity contribution in [3.05, 3.63) is 96.6 Å². The summed E-state index contributed by atoms with van der Waals surface area (Å²) in [6.45, 7) is 3.92. The Hall–Kier alpha value is -3.04. The molecule has 0 aliphatic carbocycles. The fraction of sp³-hybridized carbons (Fsp3) is 0.208. The van der Waals surface area contributed by atoms with E-state index in [2.05, 4.69) is 5.32 Å². The van der Waals surface area contributed by atoms with E-state index in [1.165, 1.54) is 0 Å². The van der Waals surface area contributed by atoms with Gasteiger partial charge in [0.1, 0.15) is 18.1 Å². The van der Waals surface area contributed by atoms with Crippen LogP contribution in [0.4, 0.5) is 4.79 Å². The van der Waals surface area contributed by atoms with Gasteiger partial charge in [-0.15, -0.1) is 0 Å². The monoisotopic (exact) mass is 423 g/mol. The van der Waals surface area contributed by atoms with Crippen LogP contribution in [0.25, 0.3) is 0 Å². The molecule has 0 heterocycles. The largest absolute Gasteiger partial charge is 0.445 e. The summed E-state index contributed by atoms with van der Waals surface area (Å²) in [5.41, 5.74) is 0.875. The molecule has 0 fully saturated rings. The summed E-state index contributed by atoms with van der Waals surface area (Å²) in [4.78, 5) is 12.6. The highest BCUT2D eigenvalue weighted by atomic mass is 31.2. The Morgan fingerprint density at radius 1 is 0.867 bits per heavy atom. The molecule has 0 aliphatic rings. The van der Waals surface area contributed by atoms with Crippen molar-refractivity contribution < 1.29 is 18.6 Å². The van der Waals surface area contributed by atoms with Crippen molar-refractivity contribution in [1.29, 1.82) is 0 Å². The molecule has 0 bridgehead atoms. The molecule has 156 valence electrons. The first-order valence-corrected chi connectivity index (χ1v) is 11.6. The lowest BCUT2D eigenvalue weighted by Gasteiger charge is -2.31. The Kier molecular flexibility index (Phi) is 7.31. The van der Waals surface area contributed by atoms with Gasteiger partial charge in [0.25, 0.3) is 7.37 Å². The lowest BCUT2D eigenvalue weighted by molar-refractivity contribution is 0.136. The topological polar surface area (TPSA) is 64.6 Å². The Bertz CT molecular complexity index is 978. The van der Waals surface area contributed by atoms with Crippen LogP contribution < -0.4 is 15.1 Å². The molecule has 1 N–H and O–H groups in total. The normalized spacial score (nSPS) is 13.8. The van der Waals surface area contributed by atoms with E-state index in [9.17, 15) is 9.36 Å². The molecule has 0 saturated heterocycles. The molecule has 0 radical (unpaired) electrons. The van der Waals surface area contributed by atoms with E-state index in [4.69, 9.17) is 9.26 Å². The van der Waals surface area contributed by atoms with Gasteiger partial charge < -0.3 is 14.6 Å². The highest BCUT2D eigenvalue weighted by Gasteiger charge is 2.41. The third-order valence-electron chi connectivity index (χ3n) is 4.58. The van der Waals surface area contributed by atoms with Gasteiger partial charge in [-0.3, -0.25) is 4.57 Å². The highest BCUT2D eigenvalue weighted by molar-refractivity contribution is 7.68. The Labute approximate surface area is 177 Å². The van der Waals surface area contributed by atoms with Crippen LogP contribution in [-0.4, -0.2) is 11.9 Å². The standard InChI is InChI=1S/C24H26NO4P/c1-19(2)23(25-24(26)28-18-20-12-6-3-7-13-20)30(27,22-16-10-5-11-17-22)29-21-14-8-4-9-15-21/h3-17,19,23H,18H2,1-2H3,(H,25,26). The van der Waals surface area contributed by atoms with Crippen molar-refractivity contribution in [2.45, 2.75) is 26.2 Å². The quantitative estimate of drug-likeness (QED) is 0.481. The second-order valence-electron chi connectivity index (χ2n) is 7.23. The number of hydrogen-bond acceptors (Lipinski definition) is 4. The van der Waals surface area contributed by atoms with Gasteiger partial charge in [0.15, 0.2) is 0 Å². The van der Waals surface area contributed by atoms with Crippen molar-refractivity contribution in [1.82, 2.24) is 5.32 Å². The molecule has 3 aromatic carbocycles. The third-order valence-corrected chi connectivity index (χ3v) is 7.53. The van der Waals surface area contributed by atoms with Gasteiger partial charge in [-0.2, -0.15) is 0 Å². The predicted octanol–water partition coefficient (Wildman–Crippen LogP) is 5.58. The maximum Gasteiger partial charge on any atom is 0.408 e. The van der Waals surface area contributed by atoms with E-state index >= 15 is 0 Å². The molecule has 3 aromatic rings. The molecular formula is C24H26NO4P. The number of carbonyl (C=O) groups excluding carboxylic acids is 1. The summed E-state index contributed by atoms with van der Waals surface area (Å²) in [6, 6.07) is 27.4. The van der Waals surface area contributed by atoms with Crippen molar-refractivity contribution in [3.63, 3.8) is 0 Å². The van der Waals surface area contributed by atoms with Gasteiger partial charge in [0, 0.05) is 0 Å². The van der Waals surface area contributed by atoms with Crippen LogP contribution in [0.3, 0.4) is 0 Å². The molecule has 0 spiro atoms. The van der Waals surface area contributed by atoms with Crippen LogP contribution in [0.2, 0.25) is 0 Å². The highest BCUT2D eigenvalue weighted by Crippen LogP contribution is 2.52. The van der Waals surface area contributed by atoms with Crippen LogP contribution in [0.15, 0.2) is 91.0 Å². The summed E-state index contributed by atoms with van der Waals surface area (Å²) in [5, 5.41) is 3.33. The molecule has 5 nitrogen and oxygen atoms in total. The second kappa shape index (κ2) is 10.1. The van der Waals surface area contributed by atoms with Gasteiger partial charge in [0.05, 0.1) is 5.30 Å². The number of alkyl carbamates (subject to hydrolysis) is 1. The molecule has 3 rings (SSSR count). The van der Waals surface area contributed by atoms with E-state index in [1.54, 1.807) is 36.4 Å². The molecule has 1 amide bonds. The van der Waals surface area contributed by atoms with Gasteiger partial charge >= 0.3 is 6.09 Å². The first kappa shape index (κ1) is 21.7. The van der Waals surface area contributed by atoms with E-state index in [0.717, 1.165) is 5.56 Å². The molecule has 2 unspecified atom stereocenters. The van der Waals surface area contributed by atoms with E-state index in [0.29, 0.717) is 11.1 Å². The molecular weight excluding hydrogens is 397 g/mol. The minimum Gasteiger partial charge on any atom is -0.445 e. The average molecular weight is 423 g/mol. The first-order chi connectivity index (χ1) is 14.5. The maximum absolute atomic E-state index is 14.2. The Balaban J connectivity index is 1.84.